The standard InChI is InChI=1S/C14H22N4O2/c1-18(2)13(15)9-16-10-14(19)17-8-11-4-6-12(20-3)7-5-11/h4-7,9,16H,8,10,15H2,1-3H3,(H,17,19)/b13-9-. The molecule has 110 valence electrons. The molecule has 6 nitrogen and oxygen atoms in total. The van der Waals surface area contributed by atoms with Crippen LogP contribution in [0.5, 0.6) is 5.75 Å². The molecule has 1 aromatic carbocycles. The van der Waals surface area contributed by atoms with Crippen LogP contribution in [0.1, 0.15) is 5.56 Å². The molecule has 1 aromatic rings. The van der Waals surface area contributed by atoms with E-state index >= 15 is 0 Å². The van der Waals surface area contributed by atoms with Gasteiger partial charge in [0.1, 0.15) is 11.6 Å². The van der Waals surface area contributed by atoms with Crippen LogP contribution >= 0.6 is 0 Å². The molecular weight excluding hydrogens is 256 g/mol. The Hall–Kier alpha value is -2.37. The molecule has 0 bridgehead atoms. The monoisotopic (exact) mass is 278 g/mol. The summed E-state index contributed by atoms with van der Waals surface area (Å²) < 4.78 is 5.07. The van der Waals surface area contributed by atoms with Gasteiger partial charge in [0, 0.05) is 26.8 Å². The number of nitrogens with one attached hydrogen (secondary N) is 2. The third-order valence-corrected chi connectivity index (χ3v) is 2.68. The highest BCUT2D eigenvalue weighted by Gasteiger charge is 2.00. The number of amides is 1. The maximum absolute atomic E-state index is 11.6. The maximum Gasteiger partial charge on any atom is 0.239 e. The van der Waals surface area contributed by atoms with E-state index in [2.05, 4.69) is 10.6 Å². The zero-order valence-electron chi connectivity index (χ0n) is 12.1. The first-order valence-corrected chi connectivity index (χ1v) is 6.29. The van der Waals surface area contributed by atoms with Gasteiger partial charge in [0.05, 0.1) is 13.7 Å². The lowest BCUT2D eigenvalue weighted by molar-refractivity contribution is -0.120. The summed E-state index contributed by atoms with van der Waals surface area (Å²) in [7, 11) is 5.28. The van der Waals surface area contributed by atoms with Crippen molar-refractivity contribution in [3.05, 3.63) is 41.8 Å². The average Bonchev–Trinajstić information content (AvgIpc) is 2.45. The van der Waals surface area contributed by atoms with E-state index < -0.39 is 0 Å². The fraction of sp³-hybridized carbons (Fsp3) is 0.357. The van der Waals surface area contributed by atoms with Crippen molar-refractivity contribution in [2.24, 2.45) is 5.73 Å². The number of nitrogens with two attached hydrogens (primary N) is 1. The summed E-state index contributed by atoms with van der Waals surface area (Å²) >= 11 is 0. The van der Waals surface area contributed by atoms with Crippen molar-refractivity contribution in [1.29, 1.82) is 0 Å². The van der Waals surface area contributed by atoms with E-state index in [1.165, 1.54) is 0 Å². The van der Waals surface area contributed by atoms with Crippen molar-refractivity contribution in [3.8, 4) is 5.75 Å². The Morgan fingerprint density at radius 2 is 2.00 bits per heavy atom. The molecule has 0 fully saturated rings. The zero-order valence-corrected chi connectivity index (χ0v) is 12.1. The molecule has 4 N–H and O–H groups in total. The SMILES string of the molecule is COc1ccc(CNC(=O)CN/C=C(/N)N(C)C)cc1. The molecular formula is C14H22N4O2. The van der Waals surface area contributed by atoms with Gasteiger partial charge in [-0.25, -0.2) is 0 Å². The van der Waals surface area contributed by atoms with Crippen LogP contribution in [0, 0.1) is 0 Å². The van der Waals surface area contributed by atoms with E-state index in [4.69, 9.17) is 10.5 Å². The van der Waals surface area contributed by atoms with Gasteiger partial charge in [-0.3, -0.25) is 4.79 Å². The van der Waals surface area contributed by atoms with Gasteiger partial charge in [-0.2, -0.15) is 0 Å². The molecule has 0 radical (unpaired) electrons. The van der Waals surface area contributed by atoms with Crippen molar-refractivity contribution in [1.82, 2.24) is 15.5 Å². The highest BCUT2D eigenvalue weighted by atomic mass is 16.5. The maximum atomic E-state index is 11.6. The summed E-state index contributed by atoms with van der Waals surface area (Å²) in [5.74, 6) is 1.27. The minimum atomic E-state index is -0.0939. The van der Waals surface area contributed by atoms with Crippen LogP contribution in [0.25, 0.3) is 0 Å². The first-order chi connectivity index (χ1) is 9.52. The molecule has 0 saturated carbocycles. The van der Waals surface area contributed by atoms with Crippen LogP contribution in [0.4, 0.5) is 0 Å². The van der Waals surface area contributed by atoms with Gasteiger partial charge < -0.3 is 26.0 Å². The molecule has 20 heavy (non-hydrogen) atoms. The van der Waals surface area contributed by atoms with Gasteiger partial charge in [-0.15, -0.1) is 0 Å². The molecule has 0 unspecified atom stereocenters. The lowest BCUT2D eigenvalue weighted by atomic mass is 10.2. The minimum absolute atomic E-state index is 0.0939. The van der Waals surface area contributed by atoms with Crippen LogP contribution in [0.15, 0.2) is 36.3 Å². The molecule has 0 aromatic heterocycles. The Kier molecular flexibility index (Phi) is 6.22. The molecule has 0 heterocycles. The highest BCUT2D eigenvalue weighted by Crippen LogP contribution is 2.10. The summed E-state index contributed by atoms with van der Waals surface area (Å²) in [6, 6.07) is 7.55. The van der Waals surface area contributed by atoms with E-state index in [-0.39, 0.29) is 12.5 Å². The van der Waals surface area contributed by atoms with E-state index in [1.54, 1.807) is 18.2 Å². The number of ether oxygens (including phenoxy) is 1. The van der Waals surface area contributed by atoms with Gasteiger partial charge >= 0.3 is 0 Å². The lowest BCUT2D eigenvalue weighted by Gasteiger charge is -2.12. The van der Waals surface area contributed by atoms with Crippen molar-refractivity contribution >= 4 is 5.91 Å². The number of carbonyl (C=O) groups is 1. The summed E-state index contributed by atoms with van der Waals surface area (Å²) in [5, 5.41) is 5.67. The second kappa shape index (κ2) is 7.93. The van der Waals surface area contributed by atoms with Crippen LogP contribution in [0.2, 0.25) is 0 Å². The average molecular weight is 278 g/mol. The first-order valence-electron chi connectivity index (χ1n) is 6.29. The molecule has 0 atom stereocenters. The number of nitrogens with zero attached hydrogens (tertiary/aromatic N) is 1. The first kappa shape index (κ1) is 15.7. The van der Waals surface area contributed by atoms with Gasteiger partial charge in [-0.1, -0.05) is 12.1 Å². The summed E-state index contributed by atoms with van der Waals surface area (Å²) in [6.07, 6.45) is 1.60. The molecule has 0 spiro atoms. The Morgan fingerprint density at radius 3 is 2.55 bits per heavy atom. The van der Waals surface area contributed by atoms with Crippen LogP contribution in [-0.4, -0.2) is 38.6 Å². The number of methoxy groups -OCH3 is 1. The third kappa shape index (κ3) is 5.51. The predicted molar refractivity (Wildman–Crippen MR) is 78.8 cm³/mol. The Morgan fingerprint density at radius 1 is 1.35 bits per heavy atom. The smallest absolute Gasteiger partial charge is 0.239 e. The predicted octanol–water partition coefficient (Wildman–Crippen LogP) is 0.220. The number of carbonyl (C=O) groups excluding carboxylic acids is 1. The van der Waals surface area contributed by atoms with Gasteiger partial charge in [0.2, 0.25) is 5.91 Å². The Balaban J connectivity index is 2.30. The second-order valence-corrected chi connectivity index (χ2v) is 4.47. The number of rotatable bonds is 7. The van der Waals surface area contributed by atoms with Crippen molar-refractivity contribution in [2.45, 2.75) is 6.54 Å². The van der Waals surface area contributed by atoms with E-state index in [0.29, 0.717) is 12.4 Å². The van der Waals surface area contributed by atoms with Crippen molar-refractivity contribution < 1.29 is 9.53 Å². The van der Waals surface area contributed by atoms with E-state index in [1.807, 2.05) is 38.4 Å². The van der Waals surface area contributed by atoms with Crippen molar-refractivity contribution in [2.75, 3.05) is 27.7 Å². The normalized spacial score (nSPS) is 10.8. The zero-order chi connectivity index (χ0) is 15.0. The van der Waals surface area contributed by atoms with Crippen LogP contribution in [0.3, 0.4) is 0 Å². The van der Waals surface area contributed by atoms with Gasteiger partial charge in [-0.05, 0) is 17.7 Å². The molecule has 1 amide bonds. The molecule has 0 aliphatic rings. The summed E-state index contributed by atoms with van der Waals surface area (Å²) in [4.78, 5) is 13.4. The largest absolute Gasteiger partial charge is 0.497 e. The fourth-order valence-electron chi connectivity index (χ4n) is 1.38. The molecule has 1 rings (SSSR count). The number of hydrogen-bond donors (Lipinski definition) is 3. The van der Waals surface area contributed by atoms with Crippen molar-refractivity contribution in [3.63, 3.8) is 0 Å². The summed E-state index contributed by atoms with van der Waals surface area (Å²) in [5.41, 5.74) is 6.69. The molecule has 0 saturated heterocycles. The third-order valence-electron chi connectivity index (χ3n) is 2.68. The lowest BCUT2D eigenvalue weighted by Crippen LogP contribution is -2.32. The number of hydrogen-bond acceptors (Lipinski definition) is 5. The van der Waals surface area contributed by atoms with Gasteiger partial charge in [0.15, 0.2) is 0 Å². The second-order valence-electron chi connectivity index (χ2n) is 4.47. The Bertz CT molecular complexity index is 455. The Labute approximate surface area is 119 Å². The summed E-state index contributed by atoms with van der Waals surface area (Å²) in [6.45, 7) is 0.669. The minimum Gasteiger partial charge on any atom is -0.497 e. The van der Waals surface area contributed by atoms with E-state index in [9.17, 15) is 4.79 Å². The highest BCUT2D eigenvalue weighted by molar-refractivity contribution is 5.78. The molecule has 0 aliphatic carbocycles. The van der Waals surface area contributed by atoms with E-state index in [0.717, 1.165) is 11.3 Å². The molecule has 0 aliphatic heterocycles. The molecule has 6 heteroatoms. The van der Waals surface area contributed by atoms with Gasteiger partial charge in [0.25, 0.3) is 0 Å². The quantitative estimate of drug-likeness (QED) is 0.665. The number of benzene rings is 1. The van der Waals surface area contributed by atoms with Crippen LogP contribution in [-0.2, 0) is 11.3 Å². The topological polar surface area (TPSA) is 79.6 Å². The fourth-order valence-corrected chi connectivity index (χ4v) is 1.38. The van der Waals surface area contributed by atoms with Crippen LogP contribution < -0.4 is 21.1 Å².